The second-order valence-corrected chi connectivity index (χ2v) is 4.51. The van der Waals surface area contributed by atoms with E-state index in [0.717, 1.165) is 17.3 Å². The summed E-state index contributed by atoms with van der Waals surface area (Å²) >= 11 is 5.79. The lowest BCUT2D eigenvalue weighted by molar-refractivity contribution is 0.995. The number of aryl methyl sites for hydroxylation is 1. The summed E-state index contributed by atoms with van der Waals surface area (Å²) < 4.78 is 2.16. The van der Waals surface area contributed by atoms with Crippen LogP contribution in [-0.4, -0.2) is 9.38 Å². The second-order valence-electron chi connectivity index (χ2n) is 4.24. The van der Waals surface area contributed by atoms with Crippen molar-refractivity contribution in [3.63, 3.8) is 0 Å². The monoisotopic (exact) mass is 220 g/mol. The maximum atomic E-state index is 5.79. The number of aromatic nitrogens is 2. The van der Waals surface area contributed by atoms with Gasteiger partial charge in [0.2, 0.25) is 0 Å². The minimum atomic E-state index is 0.486. The zero-order valence-electron chi connectivity index (χ0n) is 8.70. The molecule has 3 rings (SSSR count). The summed E-state index contributed by atoms with van der Waals surface area (Å²) in [4.78, 5) is 4.44. The molecule has 0 N–H and O–H groups in total. The van der Waals surface area contributed by atoms with Gasteiger partial charge in [0.25, 0.3) is 0 Å². The van der Waals surface area contributed by atoms with Gasteiger partial charge in [-0.2, -0.15) is 0 Å². The molecule has 1 aliphatic rings. The molecule has 0 amide bonds. The van der Waals surface area contributed by atoms with E-state index in [1.807, 2.05) is 6.20 Å². The Balaban J connectivity index is 2.21. The first kappa shape index (κ1) is 9.22. The predicted octanol–water partition coefficient (Wildman–Crippen LogP) is 3.26. The third kappa shape index (κ3) is 1.44. The molecule has 2 heterocycles. The molecule has 1 aliphatic carbocycles. The van der Waals surface area contributed by atoms with Crippen molar-refractivity contribution in [1.29, 1.82) is 0 Å². The van der Waals surface area contributed by atoms with E-state index >= 15 is 0 Å². The van der Waals surface area contributed by atoms with Gasteiger partial charge in [-0.05, 0) is 37.3 Å². The van der Waals surface area contributed by atoms with Gasteiger partial charge in [-0.15, -0.1) is 11.6 Å². The highest BCUT2D eigenvalue weighted by Gasteiger charge is 2.25. The molecule has 0 bridgehead atoms. The van der Waals surface area contributed by atoms with Crippen LogP contribution in [0.4, 0.5) is 0 Å². The molecule has 0 spiro atoms. The van der Waals surface area contributed by atoms with Crippen LogP contribution >= 0.6 is 11.6 Å². The number of pyridine rings is 1. The van der Waals surface area contributed by atoms with E-state index < -0.39 is 0 Å². The van der Waals surface area contributed by atoms with Crippen molar-refractivity contribution in [2.45, 2.75) is 31.6 Å². The summed E-state index contributed by atoms with van der Waals surface area (Å²) in [6, 6.07) is 4.31. The van der Waals surface area contributed by atoms with E-state index in [1.54, 1.807) is 0 Å². The van der Waals surface area contributed by atoms with Crippen molar-refractivity contribution in [3.05, 3.63) is 35.3 Å². The Morgan fingerprint density at radius 2 is 2.27 bits per heavy atom. The fourth-order valence-corrected chi connectivity index (χ4v) is 2.27. The van der Waals surface area contributed by atoms with Crippen molar-refractivity contribution in [1.82, 2.24) is 9.38 Å². The van der Waals surface area contributed by atoms with Crippen molar-refractivity contribution in [2.24, 2.45) is 0 Å². The van der Waals surface area contributed by atoms with Crippen molar-refractivity contribution in [3.8, 4) is 0 Å². The molecule has 0 saturated heterocycles. The Kier molecular flexibility index (Phi) is 1.99. The fraction of sp³-hybridized carbons (Fsp3) is 0.417. The SMILES string of the molecule is Cc1c(C2CC2)ccc2nc(CCl)cn12. The van der Waals surface area contributed by atoms with E-state index in [4.69, 9.17) is 11.6 Å². The number of nitrogens with zero attached hydrogens (tertiary/aromatic N) is 2. The Morgan fingerprint density at radius 1 is 1.47 bits per heavy atom. The summed E-state index contributed by atoms with van der Waals surface area (Å²) in [7, 11) is 0. The standard InChI is InChI=1S/C12H13ClN2/c1-8-11(9-2-3-9)4-5-12-14-10(6-13)7-15(8)12/h4-5,7,9H,2-3,6H2,1H3. The number of rotatable bonds is 2. The molecule has 0 aromatic carbocycles. The van der Waals surface area contributed by atoms with Gasteiger partial charge in [-0.3, -0.25) is 0 Å². The van der Waals surface area contributed by atoms with Gasteiger partial charge in [-0.1, -0.05) is 6.07 Å². The van der Waals surface area contributed by atoms with E-state index in [0.29, 0.717) is 5.88 Å². The normalized spacial score (nSPS) is 16.1. The van der Waals surface area contributed by atoms with Gasteiger partial charge in [0.05, 0.1) is 11.6 Å². The molecule has 78 valence electrons. The minimum Gasteiger partial charge on any atom is -0.304 e. The van der Waals surface area contributed by atoms with Crippen LogP contribution in [0.2, 0.25) is 0 Å². The number of hydrogen-bond acceptors (Lipinski definition) is 1. The predicted molar refractivity (Wildman–Crippen MR) is 61.5 cm³/mol. The lowest BCUT2D eigenvalue weighted by atomic mass is 10.1. The maximum Gasteiger partial charge on any atom is 0.137 e. The van der Waals surface area contributed by atoms with Crippen LogP contribution in [0, 0.1) is 6.92 Å². The Morgan fingerprint density at radius 3 is 2.93 bits per heavy atom. The molecule has 1 fully saturated rings. The first-order valence-electron chi connectivity index (χ1n) is 5.33. The molecule has 3 heteroatoms. The van der Waals surface area contributed by atoms with Crippen molar-refractivity contribution < 1.29 is 0 Å². The first-order valence-corrected chi connectivity index (χ1v) is 5.86. The number of fused-ring (bicyclic) bond motifs is 1. The molecule has 2 aromatic rings. The first-order chi connectivity index (χ1) is 7.29. The molecule has 2 nitrogen and oxygen atoms in total. The Hall–Kier alpha value is -1.02. The molecule has 15 heavy (non-hydrogen) atoms. The summed E-state index contributed by atoms with van der Waals surface area (Å²) in [5.74, 6) is 1.27. The van der Waals surface area contributed by atoms with Crippen LogP contribution in [0.5, 0.6) is 0 Å². The van der Waals surface area contributed by atoms with E-state index in [-0.39, 0.29) is 0 Å². The minimum absolute atomic E-state index is 0.486. The summed E-state index contributed by atoms with van der Waals surface area (Å²) in [5, 5.41) is 0. The quantitative estimate of drug-likeness (QED) is 0.711. The van der Waals surface area contributed by atoms with Crippen LogP contribution < -0.4 is 0 Å². The van der Waals surface area contributed by atoms with Crippen LogP contribution in [0.15, 0.2) is 18.3 Å². The summed E-state index contributed by atoms with van der Waals surface area (Å²) in [6.45, 7) is 2.17. The van der Waals surface area contributed by atoms with Gasteiger partial charge in [-0.25, -0.2) is 4.98 Å². The van der Waals surface area contributed by atoms with Crippen LogP contribution in [0.1, 0.15) is 35.7 Å². The van der Waals surface area contributed by atoms with Crippen molar-refractivity contribution in [2.75, 3.05) is 0 Å². The van der Waals surface area contributed by atoms with E-state index in [9.17, 15) is 0 Å². The van der Waals surface area contributed by atoms with Gasteiger partial charge in [0, 0.05) is 11.9 Å². The highest BCUT2D eigenvalue weighted by atomic mass is 35.5. The number of imidazole rings is 1. The molecular weight excluding hydrogens is 208 g/mol. The third-order valence-electron chi connectivity index (χ3n) is 3.13. The molecular formula is C12H13ClN2. The van der Waals surface area contributed by atoms with Gasteiger partial charge < -0.3 is 4.40 Å². The largest absolute Gasteiger partial charge is 0.304 e. The Bertz CT molecular complexity index is 512. The molecule has 0 atom stereocenters. The third-order valence-corrected chi connectivity index (χ3v) is 3.40. The average Bonchev–Trinajstić information content (AvgIpc) is 2.97. The lowest BCUT2D eigenvalue weighted by Gasteiger charge is -2.06. The van der Waals surface area contributed by atoms with Gasteiger partial charge in [0.15, 0.2) is 0 Å². The highest BCUT2D eigenvalue weighted by Crippen LogP contribution is 2.41. The number of halogens is 1. The zero-order valence-corrected chi connectivity index (χ0v) is 9.46. The molecule has 0 unspecified atom stereocenters. The highest BCUT2D eigenvalue weighted by molar-refractivity contribution is 6.16. The number of hydrogen-bond donors (Lipinski definition) is 0. The van der Waals surface area contributed by atoms with Crippen LogP contribution in [0.3, 0.4) is 0 Å². The molecule has 0 radical (unpaired) electrons. The zero-order chi connectivity index (χ0) is 10.4. The summed E-state index contributed by atoms with van der Waals surface area (Å²) in [6.07, 6.45) is 4.72. The maximum absolute atomic E-state index is 5.79. The molecule has 2 aromatic heterocycles. The van der Waals surface area contributed by atoms with E-state index in [1.165, 1.54) is 24.1 Å². The summed E-state index contributed by atoms with van der Waals surface area (Å²) in [5.41, 5.74) is 4.75. The van der Waals surface area contributed by atoms with Gasteiger partial charge >= 0.3 is 0 Å². The fourth-order valence-electron chi connectivity index (χ4n) is 2.15. The van der Waals surface area contributed by atoms with Gasteiger partial charge in [0.1, 0.15) is 5.65 Å². The van der Waals surface area contributed by atoms with Crippen molar-refractivity contribution >= 4 is 17.2 Å². The molecule has 1 saturated carbocycles. The second kappa shape index (κ2) is 3.24. The number of alkyl halides is 1. The topological polar surface area (TPSA) is 17.3 Å². The molecule has 0 aliphatic heterocycles. The van der Waals surface area contributed by atoms with Crippen LogP contribution in [0.25, 0.3) is 5.65 Å². The average molecular weight is 221 g/mol. The Labute approximate surface area is 93.9 Å². The lowest BCUT2D eigenvalue weighted by Crippen LogP contribution is -1.95. The smallest absolute Gasteiger partial charge is 0.137 e. The van der Waals surface area contributed by atoms with Crippen LogP contribution in [-0.2, 0) is 5.88 Å². The van der Waals surface area contributed by atoms with E-state index in [2.05, 4.69) is 28.4 Å².